The Bertz CT molecular complexity index is 2490. The van der Waals surface area contributed by atoms with Crippen LogP contribution >= 0.6 is 0 Å². The zero-order valence-electron chi connectivity index (χ0n) is 34.5. The quantitative estimate of drug-likeness (QED) is 0.151. The van der Waals surface area contributed by atoms with Gasteiger partial charge in [0.25, 0.3) is 0 Å². The molecule has 1 N–H and O–H groups in total. The van der Waals surface area contributed by atoms with Crippen molar-refractivity contribution in [3.05, 3.63) is 162 Å². The molecule has 6 aromatic carbocycles. The first kappa shape index (κ1) is 37.8. The minimum absolute atomic E-state index is 0.207. The molecule has 0 radical (unpaired) electrons. The average molecular weight is 751 g/mol. The normalized spacial score (nSPS) is 12.8. The molecule has 0 atom stereocenters. The summed E-state index contributed by atoms with van der Waals surface area (Å²) in [7, 11) is 0. The predicted octanol–water partition coefficient (Wildman–Crippen LogP) is 14.3. The van der Waals surface area contributed by atoms with E-state index < -0.39 is 0 Å². The number of hydrogen-bond donors (Lipinski definition) is 1. The van der Waals surface area contributed by atoms with Crippen molar-refractivity contribution >= 4 is 22.7 Å². The number of fused-ring (bicyclic) bond motifs is 1. The highest BCUT2D eigenvalue weighted by molar-refractivity contribution is 5.89. The second-order valence-corrected chi connectivity index (χ2v) is 16.6. The molecule has 1 aliphatic rings. The summed E-state index contributed by atoms with van der Waals surface area (Å²) in [5, 5.41) is 11.3. The lowest BCUT2D eigenvalue weighted by Crippen LogP contribution is -2.26. The van der Waals surface area contributed by atoms with Crippen LogP contribution in [0.2, 0.25) is 0 Å². The van der Waals surface area contributed by atoms with E-state index in [0.29, 0.717) is 29.9 Å². The van der Waals surface area contributed by atoms with Crippen molar-refractivity contribution in [2.24, 2.45) is 0 Å². The maximum Gasteiger partial charge on any atom is 0.148 e. The summed E-state index contributed by atoms with van der Waals surface area (Å²) >= 11 is 0. The third-order valence-electron chi connectivity index (χ3n) is 11.4. The number of para-hydroxylation sites is 4. The summed E-state index contributed by atoms with van der Waals surface area (Å²) in [6.45, 7) is 18.9. The van der Waals surface area contributed by atoms with Gasteiger partial charge in [-0.2, -0.15) is 0 Å². The number of aromatic hydroxyl groups is 1. The van der Waals surface area contributed by atoms with Gasteiger partial charge in [0.15, 0.2) is 0 Å². The molecule has 1 aliphatic heterocycles. The van der Waals surface area contributed by atoms with Crippen LogP contribution in [0.4, 0.5) is 22.7 Å². The van der Waals surface area contributed by atoms with Gasteiger partial charge in [-0.3, -0.25) is 4.57 Å². The third kappa shape index (κ3) is 7.01. The van der Waals surface area contributed by atoms with Gasteiger partial charge in [-0.05, 0) is 106 Å². The SMILES string of the molecule is CC(C)c1cccc(C(C)C)c1N1CN(c2cccc(-c3cn(-c4c(C(C)C)cc(-c5ccccc5)cc4C(C)C)c(-c4ccccc4O)n3)c2)c2ccccc21. The fraction of sp³-hybridized carbons (Fsp3) is 0.250. The number of phenols is 1. The number of aromatic nitrogens is 2. The summed E-state index contributed by atoms with van der Waals surface area (Å²) in [4.78, 5) is 10.3. The molecule has 0 saturated carbocycles. The van der Waals surface area contributed by atoms with Crippen molar-refractivity contribution in [2.75, 3.05) is 16.5 Å². The molecule has 0 bridgehead atoms. The molecule has 0 saturated heterocycles. The van der Waals surface area contributed by atoms with Crippen LogP contribution < -0.4 is 9.80 Å². The largest absolute Gasteiger partial charge is 0.507 e. The maximum absolute atomic E-state index is 11.3. The Morgan fingerprint density at radius 3 is 1.65 bits per heavy atom. The van der Waals surface area contributed by atoms with E-state index >= 15 is 0 Å². The summed E-state index contributed by atoms with van der Waals surface area (Å²) in [6, 6.07) is 47.2. The lowest BCUT2D eigenvalue weighted by molar-refractivity contribution is 0.477. The van der Waals surface area contributed by atoms with Crippen molar-refractivity contribution in [1.29, 1.82) is 0 Å². The molecule has 0 aliphatic carbocycles. The average Bonchev–Trinajstić information content (AvgIpc) is 3.83. The van der Waals surface area contributed by atoms with E-state index in [2.05, 4.69) is 185 Å². The molecule has 5 nitrogen and oxygen atoms in total. The zero-order valence-corrected chi connectivity index (χ0v) is 34.5. The molecule has 1 aromatic heterocycles. The summed E-state index contributed by atoms with van der Waals surface area (Å²) < 4.78 is 2.24. The van der Waals surface area contributed by atoms with Gasteiger partial charge >= 0.3 is 0 Å². The lowest BCUT2D eigenvalue weighted by atomic mass is 9.88. The molecule has 7 aromatic rings. The van der Waals surface area contributed by atoms with E-state index in [-0.39, 0.29) is 17.6 Å². The van der Waals surface area contributed by atoms with Crippen molar-refractivity contribution in [1.82, 2.24) is 9.55 Å². The number of phenolic OH excluding ortho intramolecular Hbond substituents is 1. The first-order valence-corrected chi connectivity index (χ1v) is 20.5. The fourth-order valence-electron chi connectivity index (χ4n) is 8.46. The van der Waals surface area contributed by atoms with Gasteiger partial charge in [0, 0.05) is 23.1 Å². The lowest BCUT2D eigenvalue weighted by Gasteiger charge is -2.29. The molecule has 2 heterocycles. The van der Waals surface area contributed by atoms with Gasteiger partial charge in [0.1, 0.15) is 18.2 Å². The molecular formula is C52H54N4O. The van der Waals surface area contributed by atoms with Gasteiger partial charge in [-0.25, -0.2) is 4.98 Å². The number of nitrogens with zero attached hydrogens (tertiary/aromatic N) is 4. The van der Waals surface area contributed by atoms with Crippen LogP contribution in [0, 0.1) is 0 Å². The minimum Gasteiger partial charge on any atom is -0.507 e. The molecule has 8 rings (SSSR count). The molecule has 0 spiro atoms. The Morgan fingerprint density at radius 2 is 1.04 bits per heavy atom. The number of benzene rings is 6. The van der Waals surface area contributed by atoms with E-state index in [1.165, 1.54) is 50.4 Å². The van der Waals surface area contributed by atoms with Crippen LogP contribution in [-0.2, 0) is 0 Å². The number of hydrogen-bond acceptors (Lipinski definition) is 4. The molecule has 0 amide bonds. The second kappa shape index (κ2) is 15.5. The molecule has 288 valence electrons. The van der Waals surface area contributed by atoms with E-state index in [9.17, 15) is 5.11 Å². The second-order valence-electron chi connectivity index (χ2n) is 16.6. The fourth-order valence-corrected chi connectivity index (χ4v) is 8.46. The van der Waals surface area contributed by atoms with Gasteiger partial charge < -0.3 is 14.9 Å². The van der Waals surface area contributed by atoms with Crippen molar-refractivity contribution in [3.8, 4) is 45.2 Å². The molecule has 0 unspecified atom stereocenters. The predicted molar refractivity (Wildman–Crippen MR) is 240 cm³/mol. The Kier molecular flexibility index (Phi) is 10.3. The van der Waals surface area contributed by atoms with Crippen molar-refractivity contribution in [2.45, 2.75) is 79.1 Å². The third-order valence-corrected chi connectivity index (χ3v) is 11.4. The van der Waals surface area contributed by atoms with Gasteiger partial charge in [0.05, 0.1) is 28.3 Å². The van der Waals surface area contributed by atoms with Crippen molar-refractivity contribution < 1.29 is 5.11 Å². The first-order chi connectivity index (χ1) is 27.5. The smallest absolute Gasteiger partial charge is 0.148 e. The van der Waals surface area contributed by atoms with E-state index in [0.717, 1.165) is 22.6 Å². The molecular weight excluding hydrogens is 697 g/mol. The molecule has 57 heavy (non-hydrogen) atoms. The Labute approximate surface area is 338 Å². The van der Waals surface area contributed by atoms with E-state index in [4.69, 9.17) is 4.98 Å². The van der Waals surface area contributed by atoms with Crippen LogP contribution in [0.1, 0.15) is 101 Å². The number of rotatable bonds is 10. The van der Waals surface area contributed by atoms with E-state index in [1.54, 1.807) is 6.07 Å². The van der Waals surface area contributed by atoms with Crippen molar-refractivity contribution in [3.63, 3.8) is 0 Å². The molecule has 0 fully saturated rings. The Morgan fingerprint density at radius 1 is 0.491 bits per heavy atom. The van der Waals surface area contributed by atoms with Crippen LogP contribution in [0.5, 0.6) is 5.75 Å². The van der Waals surface area contributed by atoms with Crippen LogP contribution in [0.25, 0.3) is 39.5 Å². The highest BCUT2D eigenvalue weighted by Gasteiger charge is 2.32. The van der Waals surface area contributed by atoms with Crippen LogP contribution in [0.15, 0.2) is 140 Å². The molecule has 5 heteroatoms. The minimum atomic E-state index is 0.207. The van der Waals surface area contributed by atoms with Gasteiger partial charge in [-0.15, -0.1) is 0 Å². The Hall–Kier alpha value is -6.07. The van der Waals surface area contributed by atoms with E-state index in [1.807, 2.05) is 18.2 Å². The standard InChI is InChI=1S/C52H54N4O/c1-33(2)41-23-17-24-42(34(3)4)50(41)56-32-55(47-25-13-14-26-48(47)56)40-21-16-20-38(28-40)46-31-54(52(53-46)43-22-12-15-27-49(43)57)51-44(35(5)6)29-39(30-45(51)36(7)8)37-18-10-9-11-19-37/h9-31,33-36,57H,32H2,1-8H3. The highest BCUT2D eigenvalue weighted by Crippen LogP contribution is 2.49. The van der Waals surface area contributed by atoms with Gasteiger partial charge in [0.2, 0.25) is 0 Å². The summed E-state index contributed by atoms with van der Waals surface area (Å²) in [5.41, 5.74) is 16.1. The maximum atomic E-state index is 11.3. The van der Waals surface area contributed by atoms with Gasteiger partial charge in [-0.1, -0.05) is 140 Å². The topological polar surface area (TPSA) is 44.5 Å². The van der Waals surface area contributed by atoms with Crippen LogP contribution in [0.3, 0.4) is 0 Å². The van der Waals surface area contributed by atoms with Crippen LogP contribution in [-0.4, -0.2) is 21.3 Å². The summed E-state index contributed by atoms with van der Waals surface area (Å²) in [5.74, 6) is 2.18. The Balaban J connectivity index is 1.28. The number of anilines is 4. The highest BCUT2D eigenvalue weighted by atomic mass is 16.3. The first-order valence-electron chi connectivity index (χ1n) is 20.5. The monoisotopic (exact) mass is 750 g/mol. The number of imidazole rings is 1. The summed E-state index contributed by atoms with van der Waals surface area (Å²) in [6.07, 6.45) is 2.17. The zero-order chi connectivity index (χ0) is 40.0.